The van der Waals surface area contributed by atoms with E-state index in [1.165, 1.54) is 0 Å². The van der Waals surface area contributed by atoms with Gasteiger partial charge in [0.25, 0.3) is 5.91 Å². The summed E-state index contributed by atoms with van der Waals surface area (Å²) in [7, 11) is 0. The zero-order chi connectivity index (χ0) is 23.4. The molecule has 1 N–H and O–H groups in total. The van der Waals surface area contributed by atoms with Crippen LogP contribution < -0.4 is 10.2 Å². The Morgan fingerprint density at radius 2 is 1.64 bits per heavy atom. The molecule has 4 aromatic rings. The van der Waals surface area contributed by atoms with Gasteiger partial charge in [0.1, 0.15) is 12.4 Å². The van der Waals surface area contributed by atoms with Crippen LogP contribution in [0.4, 0.5) is 5.69 Å². The van der Waals surface area contributed by atoms with Crippen molar-refractivity contribution in [1.82, 2.24) is 14.9 Å². The fourth-order valence-corrected chi connectivity index (χ4v) is 4.09. The molecule has 0 bridgehead atoms. The van der Waals surface area contributed by atoms with Crippen LogP contribution in [0.15, 0.2) is 78.9 Å². The van der Waals surface area contributed by atoms with Crippen LogP contribution in [0, 0.1) is 0 Å². The van der Waals surface area contributed by atoms with E-state index in [0.717, 1.165) is 16.7 Å². The first-order valence-electron chi connectivity index (χ1n) is 10.8. The molecule has 0 aliphatic carbocycles. The van der Waals surface area contributed by atoms with E-state index in [0.29, 0.717) is 16.4 Å². The van der Waals surface area contributed by atoms with Gasteiger partial charge in [-0.1, -0.05) is 54.1 Å². The molecule has 0 radical (unpaired) electrons. The van der Waals surface area contributed by atoms with E-state index in [4.69, 9.17) is 11.6 Å². The first-order valence-corrected chi connectivity index (χ1v) is 11.2. The van der Waals surface area contributed by atoms with Gasteiger partial charge >= 0.3 is 0 Å². The molecule has 168 valence electrons. The van der Waals surface area contributed by atoms with Crippen molar-refractivity contribution in [2.24, 2.45) is 0 Å². The fraction of sp³-hybridized carbons (Fsp3) is 0.192. The largest absolute Gasteiger partial charge is 0.345 e. The molecule has 3 aromatic carbocycles. The fourth-order valence-electron chi connectivity index (χ4n) is 3.87. The van der Waals surface area contributed by atoms with Crippen molar-refractivity contribution in [3.8, 4) is 0 Å². The van der Waals surface area contributed by atoms with E-state index in [1.807, 2.05) is 73.0 Å². The van der Waals surface area contributed by atoms with Crippen molar-refractivity contribution in [3.63, 3.8) is 0 Å². The molecule has 0 saturated carbocycles. The van der Waals surface area contributed by atoms with Gasteiger partial charge in [-0.05, 0) is 50.2 Å². The second-order valence-corrected chi connectivity index (χ2v) is 8.37. The van der Waals surface area contributed by atoms with Crippen LogP contribution in [-0.4, -0.2) is 27.4 Å². The molecule has 0 saturated heterocycles. The molecule has 0 spiro atoms. The molecule has 0 unspecified atom stereocenters. The summed E-state index contributed by atoms with van der Waals surface area (Å²) in [6.45, 7) is 4.24. The van der Waals surface area contributed by atoms with Gasteiger partial charge in [0.2, 0.25) is 5.91 Å². The summed E-state index contributed by atoms with van der Waals surface area (Å²) < 4.78 is 1.86. The minimum absolute atomic E-state index is 0.0157. The van der Waals surface area contributed by atoms with Crippen LogP contribution in [-0.2, 0) is 17.9 Å². The number of nitrogens with zero attached hydrogens (tertiary/aromatic N) is 3. The maximum Gasteiger partial charge on any atom is 0.253 e. The summed E-state index contributed by atoms with van der Waals surface area (Å²) in [6.07, 6.45) is 0. The van der Waals surface area contributed by atoms with Gasteiger partial charge < -0.3 is 14.8 Å². The number of fused-ring (bicyclic) bond motifs is 1. The molecule has 33 heavy (non-hydrogen) atoms. The van der Waals surface area contributed by atoms with Crippen molar-refractivity contribution in [2.45, 2.75) is 33.0 Å². The highest BCUT2D eigenvalue weighted by Gasteiger charge is 2.22. The Kier molecular flexibility index (Phi) is 6.75. The van der Waals surface area contributed by atoms with Crippen LogP contribution in [0.5, 0.6) is 0 Å². The molecule has 6 nitrogen and oxygen atoms in total. The van der Waals surface area contributed by atoms with E-state index < -0.39 is 0 Å². The molecule has 0 atom stereocenters. The summed E-state index contributed by atoms with van der Waals surface area (Å²) in [5, 5.41) is 3.27. The molecule has 0 aliphatic rings. The van der Waals surface area contributed by atoms with Gasteiger partial charge in [-0.2, -0.15) is 0 Å². The quantitative estimate of drug-likeness (QED) is 0.419. The highest BCUT2D eigenvalue weighted by atomic mass is 35.5. The van der Waals surface area contributed by atoms with Crippen LogP contribution in [0.1, 0.15) is 30.0 Å². The molecule has 0 aliphatic heterocycles. The van der Waals surface area contributed by atoms with Crippen molar-refractivity contribution >= 4 is 40.1 Å². The Morgan fingerprint density at radius 1 is 0.970 bits per heavy atom. The molecule has 4 rings (SSSR count). The van der Waals surface area contributed by atoms with Gasteiger partial charge in [0.05, 0.1) is 28.2 Å². The lowest BCUT2D eigenvalue weighted by molar-refractivity contribution is -0.119. The number of carbonyl (C=O) groups excluding carboxylic acids is 2. The summed E-state index contributed by atoms with van der Waals surface area (Å²) in [6, 6.07) is 24.1. The maximum absolute atomic E-state index is 13.4. The summed E-state index contributed by atoms with van der Waals surface area (Å²) >= 11 is 6.16. The third-order valence-electron chi connectivity index (χ3n) is 5.37. The van der Waals surface area contributed by atoms with Gasteiger partial charge in [-0.25, -0.2) is 4.98 Å². The van der Waals surface area contributed by atoms with E-state index in [1.54, 1.807) is 29.2 Å². The number of halogens is 1. The number of imidazole rings is 1. The van der Waals surface area contributed by atoms with Crippen molar-refractivity contribution in [1.29, 1.82) is 0 Å². The monoisotopic (exact) mass is 460 g/mol. The number of anilines is 1. The number of hydrogen-bond donors (Lipinski definition) is 1. The lowest BCUT2D eigenvalue weighted by atomic mass is 10.2. The van der Waals surface area contributed by atoms with Gasteiger partial charge in [-0.3, -0.25) is 9.59 Å². The molecule has 2 amide bonds. The van der Waals surface area contributed by atoms with Gasteiger partial charge in [-0.15, -0.1) is 0 Å². The van der Waals surface area contributed by atoms with E-state index in [2.05, 4.69) is 10.3 Å². The Hall–Kier alpha value is -3.64. The predicted octanol–water partition coefficient (Wildman–Crippen LogP) is 5.06. The highest BCUT2D eigenvalue weighted by molar-refractivity contribution is 6.33. The number of carbonyl (C=O) groups is 2. The Bertz CT molecular complexity index is 1280. The third kappa shape index (κ3) is 4.91. The van der Waals surface area contributed by atoms with E-state index in [9.17, 15) is 9.59 Å². The average molecular weight is 461 g/mol. The molecule has 1 heterocycles. The molecule has 1 aromatic heterocycles. The first-order chi connectivity index (χ1) is 16.0. The zero-order valence-electron chi connectivity index (χ0n) is 18.5. The maximum atomic E-state index is 13.4. The van der Waals surface area contributed by atoms with Gasteiger partial charge in [0.15, 0.2) is 0 Å². The minimum atomic E-state index is -0.293. The number of para-hydroxylation sites is 3. The Morgan fingerprint density at radius 3 is 2.36 bits per heavy atom. The van der Waals surface area contributed by atoms with Crippen LogP contribution in [0.3, 0.4) is 0 Å². The van der Waals surface area contributed by atoms with Crippen LogP contribution in [0.25, 0.3) is 11.0 Å². The second-order valence-electron chi connectivity index (χ2n) is 7.96. The highest BCUT2D eigenvalue weighted by Crippen LogP contribution is 2.21. The standard InChI is InChI=1S/C26H25ClN4O2/c1-18(2)31(19-10-4-3-5-11-19)25(32)17-30-23-15-9-8-14-22(23)29-24(30)16-28-26(33)20-12-6-7-13-21(20)27/h3-15,18H,16-17H2,1-2H3,(H,28,33). The Balaban J connectivity index is 1.62. The number of rotatable bonds is 7. The Labute approximate surface area is 197 Å². The predicted molar refractivity (Wildman–Crippen MR) is 131 cm³/mol. The first kappa shape index (κ1) is 22.6. The van der Waals surface area contributed by atoms with E-state index >= 15 is 0 Å². The van der Waals surface area contributed by atoms with Crippen molar-refractivity contribution in [3.05, 3.63) is 95.3 Å². The minimum Gasteiger partial charge on any atom is -0.345 e. The van der Waals surface area contributed by atoms with Crippen molar-refractivity contribution < 1.29 is 9.59 Å². The second kappa shape index (κ2) is 9.88. The number of nitrogens with one attached hydrogen (secondary N) is 1. The number of amides is 2. The van der Waals surface area contributed by atoms with Gasteiger partial charge in [0, 0.05) is 11.7 Å². The normalized spacial score (nSPS) is 11.0. The van der Waals surface area contributed by atoms with Crippen LogP contribution in [0.2, 0.25) is 5.02 Å². The number of benzene rings is 3. The topological polar surface area (TPSA) is 67.2 Å². The third-order valence-corrected chi connectivity index (χ3v) is 5.70. The summed E-state index contributed by atoms with van der Waals surface area (Å²) in [5.41, 5.74) is 2.84. The molecule has 0 fully saturated rings. The molecular weight excluding hydrogens is 436 g/mol. The SMILES string of the molecule is CC(C)N(C(=O)Cn1c(CNC(=O)c2ccccc2Cl)nc2ccccc21)c1ccccc1. The molecular formula is C26H25ClN4O2. The van der Waals surface area contributed by atoms with Crippen LogP contribution >= 0.6 is 11.6 Å². The zero-order valence-corrected chi connectivity index (χ0v) is 19.3. The smallest absolute Gasteiger partial charge is 0.253 e. The summed E-state index contributed by atoms with van der Waals surface area (Å²) in [5.74, 6) is 0.248. The van der Waals surface area contributed by atoms with E-state index in [-0.39, 0.29) is 30.9 Å². The molecule has 7 heteroatoms. The lowest BCUT2D eigenvalue weighted by Crippen LogP contribution is -2.39. The average Bonchev–Trinajstić information content (AvgIpc) is 3.15. The number of hydrogen-bond acceptors (Lipinski definition) is 3. The van der Waals surface area contributed by atoms with Crippen molar-refractivity contribution in [2.75, 3.05) is 4.90 Å². The lowest BCUT2D eigenvalue weighted by Gasteiger charge is -2.27. The summed E-state index contributed by atoms with van der Waals surface area (Å²) in [4.78, 5) is 32.5. The number of aromatic nitrogens is 2.